The lowest BCUT2D eigenvalue weighted by Crippen LogP contribution is -2.52. The lowest BCUT2D eigenvalue weighted by atomic mass is 9.97. The molecule has 106 valence electrons. The standard InChI is InChI=1S/C13H27N3O2/c1-11(13(17)15-8-10-18-2)16-9-4-3-5-12(16)6-7-14/h11-12H,3-10,14H2,1-2H3,(H,15,17). The topological polar surface area (TPSA) is 67.6 Å². The van der Waals surface area contributed by atoms with Gasteiger partial charge in [-0.15, -0.1) is 0 Å². The van der Waals surface area contributed by atoms with Gasteiger partial charge in [0.2, 0.25) is 5.91 Å². The van der Waals surface area contributed by atoms with Crippen molar-refractivity contribution in [3.63, 3.8) is 0 Å². The minimum absolute atomic E-state index is 0.0706. The highest BCUT2D eigenvalue weighted by Gasteiger charge is 2.29. The van der Waals surface area contributed by atoms with Crippen LogP contribution in [-0.2, 0) is 9.53 Å². The van der Waals surface area contributed by atoms with Crippen LogP contribution in [0.3, 0.4) is 0 Å². The van der Waals surface area contributed by atoms with Gasteiger partial charge in [-0.1, -0.05) is 6.42 Å². The zero-order chi connectivity index (χ0) is 13.4. The Kier molecular flexibility index (Phi) is 7.23. The van der Waals surface area contributed by atoms with Crippen molar-refractivity contribution < 1.29 is 9.53 Å². The van der Waals surface area contributed by atoms with E-state index in [-0.39, 0.29) is 11.9 Å². The van der Waals surface area contributed by atoms with Crippen molar-refractivity contribution in [2.24, 2.45) is 5.73 Å². The van der Waals surface area contributed by atoms with Crippen molar-refractivity contribution in [2.45, 2.75) is 44.7 Å². The second kappa shape index (κ2) is 8.45. The average molecular weight is 257 g/mol. The van der Waals surface area contributed by atoms with E-state index in [2.05, 4.69) is 10.2 Å². The number of rotatable bonds is 7. The fourth-order valence-corrected chi connectivity index (χ4v) is 2.61. The maximum Gasteiger partial charge on any atom is 0.237 e. The Morgan fingerprint density at radius 1 is 1.56 bits per heavy atom. The van der Waals surface area contributed by atoms with E-state index >= 15 is 0 Å². The zero-order valence-corrected chi connectivity index (χ0v) is 11.7. The number of ether oxygens (including phenoxy) is 1. The molecule has 0 bridgehead atoms. The number of nitrogens with one attached hydrogen (secondary N) is 1. The largest absolute Gasteiger partial charge is 0.383 e. The van der Waals surface area contributed by atoms with Crippen molar-refractivity contribution in [1.29, 1.82) is 0 Å². The third-order valence-corrected chi connectivity index (χ3v) is 3.65. The summed E-state index contributed by atoms with van der Waals surface area (Å²) in [5, 5.41) is 2.91. The molecule has 5 nitrogen and oxygen atoms in total. The highest BCUT2D eigenvalue weighted by Crippen LogP contribution is 2.21. The first-order valence-electron chi connectivity index (χ1n) is 6.93. The van der Waals surface area contributed by atoms with Crippen molar-refractivity contribution in [3.05, 3.63) is 0 Å². The maximum absolute atomic E-state index is 12.0. The molecule has 1 amide bonds. The summed E-state index contributed by atoms with van der Waals surface area (Å²) in [6, 6.07) is 0.394. The monoisotopic (exact) mass is 257 g/mol. The van der Waals surface area contributed by atoms with Crippen LogP contribution in [0, 0.1) is 0 Å². The second-order valence-corrected chi connectivity index (χ2v) is 4.92. The summed E-state index contributed by atoms with van der Waals surface area (Å²) in [7, 11) is 1.64. The van der Waals surface area contributed by atoms with Gasteiger partial charge in [-0.3, -0.25) is 9.69 Å². The maximum atomic E-state index is 12.0. The number of hydrogen-bond acceptors (Lipinski definition) is 4. The highest BCUT2D eigenvalue weighted by atomic mass is 16.5. The Morgan fingerprint density at radius 3 is 3.00 bits per heavy atom. The molecular weight excluding hydrogens is 230 g/mol. The number of carbonyl (C=O) groups excluding carboxylic acids is 1. The normalized spacial score (nSPS) is 22.7. The number of nitrogens with two attached hydrogens (primary N) is 1. The van der Waals surface area contributed by atoms with Crippen molar-refractivity contribution >= 4 is 5.91 Å². The van der Waals surface area contributed by atoms with Crippen LogP contribution < -0.4 is 11.1 Å². The number of piperidine rings is 1. The van der Waals surface area contributed by atoms with Crippen LogP contribution in [0.1, 0.15) is 32.6 Å². The highest BCUT2D eigenvalue weighted by molar-refractivity contribution is 5.81. The molecule has 0 aromatic carbocycles. The number of hydrogen-bond donors (Lipinski definition) is 2. The molecule has 0 aromatic heterocycles. The Hall–Kier alpha value is -0.650. The number of amides is 1. The first kappa shape index (κ1) is 15.4. The van der Waals surface area contributed by atoms with Gasteiger partial charge in [-0.25, -0.2) is 0 Å². The number of carbonyl (C=O) groups is 1. The quantitative estimate of drug-likeness (QED) is 0.645. The molecule has 0 aliphatic carbocycles. The molecule has 0 saturated carbocycles. The van der Waals surface area contributed by atoms with Crippen LogP contribution in [-0.4, -0.2) is 56.2 Å². The van der Waals surface area contributed by atoms with Gasteiger partial charge in [0, 0.05) is 19.7 Å². The summed E-state index contributed by atoms with van der Waals surface area (Å²) in [6.45, 7) is 4.82. The summed E-state index contributed by atoms with van der Waals surface area (Å²) in [5.41, 5.74) is 5.65. The van der Waals surface area contributed by atoms with E-state index in [4.69, 9.17) is 10.5 Å². The summed E-state index contributed by atoms with van der Waals surface area (Å²) in [6.07, 6.45) is 4.57. The average Bonchev–Trinajstić information content (AvgIpc) is 2.39. The second-order valence-electron chi connectivity index (χ2n) is 4.92. The van der Waals surface area contributed by atoms with E-state index in [1.807, 2.05) is 6.92 Å². The molecule has 2 unspecified atom stereocenters. The Morgan fingerprint density at radius 2 is 2.33 bits per heavy atom. The van der Waals surface area contributed by atoms with Gasteiger partial charge < -0.3 is 15.8 Å². The minimum atomic E-state index is -0.0706. The third kappa shape index (κ3) is 4.55. The number of nitrogens with zero attached hydrogens (tertiary/aromatic N) is 1. The van der Waals surface area contributed by atoms with Crippen LogP contribution in [0.2, 0.25) is 0 Å². The Labute approximate surface area is 110 Å². The van der Waals surface area contributed by atoms with E-state index < -0.39 is 0 Å². The fourth-order valence-electron chi connectivity index (χ4n) is 2.61. The predicted octanol–water partition coefficient (Wildman–Crippen LogP) is 0.341. The SMILES string of the molecule is COCCNC(=O)C(C)N1CCCCC1CCN. The smallest absolute Gasteiger partial charge is 0.237 e. The lowest BCUT2D eigenvalue weighted by Gasteiger charge is -2.39. The molecule has 1 heterocycles. The molecule has 1 aliphatic rings. The van der Waals surface area contributed by atoms with Crippen LogP contribution in [0.5, 0.6) is 0 Å². The van der Waals surface area contributed by atoms with Crippen molar-refractivity contribution in [1.82, 2.24) is 10.2 Å². The van der Waals surface area contributed by atoms with Gasteiger partial charge in [0.15, 0.2) is 0 Å². The summed E-state index contributed by atoms with van der Waals surface area (Å²) in [4.78, 5) is 14.3. The number of methoxy groups -OCH3 is 1. The Bertz CT molecular complexity index is 246. The van der Waals surface area contributed by atoms with Gasteiger partial charge in [-0.2, -0.15) is 0 Å². The molecule has 0 spiro atoms. The molecule has 3 N–H and O–H groups in total. The first-order valence-corrected chi connectivity index (χ1v) is 6.93. The fraction of sp³-hybridized carbons (Fsp3) is 0.923. The van der Waals surface area contributed by atoms with E-state index in [1.54, 1.807) is 7.11 Å². The summed E-state index contributed by atoms with van der Waals surface area (Å²) in [5.74, 6) is 0.0935. The van der Waals surface area contributed by atoms with E-state index in [0.717, 1.165) is 19.4 Å². The molecular formula is C13H27N3O2. The Balaban J connectivity index is 2.45. The van der Waals surface area contributed by atoms with Gasteiger partial charge in [-0.05, 0) is 39.3 Å². The molecule has 1 saturated heterocycles. The van der Waals surface area contributed by atoms with Gasteiger partial charge in [0.25, 0.3) is 0 Å². The molecule has 5 heteroatoms. The van der Waals surface area contributed by atoms with Crippen LogP contribution >= 0.6 is 0 Å². The molecule has 1 fully saturated rings. The molecule has 1 aliphatic heterocycles. The predicted molar refractivity (Wildman–Crippen MR) is 72.4 cm³/mol. The first-order chi connectivity index (χ1) is 8.70. The van der Waals surface area contributed by atoms with Crippen LogP contribution in [0.15, 0.2) is 0 Å². The summed E-state index contributed by atoms with van der Waals surface area (Å²) < 4.78 is 4.93. The molecule has 18 heavy (non-hydrogen) atoms. The summed E-state index contributed by atoms with van der Waals surface area (Å²) >= 11 is 0. The minimum Gasteiger partial charge on any atom is -0.383 e. The van der Waals surface area contributed by atoms with E-state index in [0.29, 0.717) is 25.7 Å². The zero-order valence-electron chi connectivity index (χ0n) is 11.7. The van der Waals surface area contributed by atoms with Gasteiger partial charge in [0.05, 0.1) is 12.6 Å². The van der Waals surface area contributed by atoms with Crippen LogP contribution in [0.4, 0.5) is 0 Å². The third-order valence-electron chi connectivity index (χ3n) is 3.65. The molecule has 0 aromatic rings. The van der Waals surface area contributed by atoms with E-state index in [1.165, 1.54) is 12.8 Å². The van der Waals surface area contributed by atoms with Gasteiger partial charge >= 0.3 is 0 Å². The van der Waals surface area contributed by atoms with Crippen LogP contribution in [0.25, 0.3) is 0 Å². The van der Waals surface area contributed by atoms with E-state index in [9.17, 15) is 4.79 Å². The molecule has 1 rings (SSSR count). The van der Waals surface area contributed by atoms with Gasteiger partial charge in [0.1, 0.15) is 0 Å². The lowest BCUT2D eigenvalue weighted by molar-refractivity contribution is -0.127. The molecule has 0 radical (unpaired) electrons. The number of likely N-dealkylation sites (tertiary alicyclic amines) is 1. The van der Waals surface area contributed by atoms with Crippen molar-refractivity contribution in [2.75, 3.05) is 33.4 Å². The molecule has 2 atom stereocenters. The van der Waals surface area contributed by atoms with Crippen molar-refractivity contribution in [3.8, 4) is 0 Å².